The molecule has 1 aromatic carbocycles. The number of piperidine rings is 1. The summed E-state index contributed by atoms with van der Waals surface area (Å²) in [6.07, 6.45) is 2.05. The van der Waals surface area contributed by atoms with Crippen LogP contribution in [0.5, 0.6) is 5.75 Å². The molecule has 0 aliphatic carbocycles. The van der Waals surface area contributed by atoms with Gasteiger partial charge >= 0.3 is 6.09 Å². The summed E-state index contributed by atoms with van der Waals surface area (Å²) in [6.45, 7) is 9.08. The third-order valence-electron chi connectivity index (χ3n) is 5.97. The van der Waals surface area contributed by atoms with Gasteiger partial charge in [0.2, 0.25) is 11.8 Å². The molecule has 1 aromatic rings. The first-order valence-corrected chi connectivity index (χ1v) is 15.0. The van der Waals surface area contributed by atoms with Crippen molar-refractivity contribution >= 4 is 33.5 Å². The van der Waals surface area contributed by atoms with Gasteiger partial charge in [-0.25, -0.2) is 13.2 Å². The normalized spacial score (nSPS) is 17.5. The number of Topliss-reactive ketones (excluding diaryl/α,β-unsaturated/α-hetero) is 1. The fourth-order valence-corrected chi connectivity index (χ4v) is 4.71. The van der Waals surface area contributed by atoms with Crippen LogP contribution in [-0.4, -0.2) is 69.2 Å². The molecule has 2 rings (SSSR count). The van der Waals surface area contributed by atoms with Crippen LogP contribution in [-0.2, 0) is 29.0 Å². The maximum atomic E-state index is 13.3. The van der Waals surface area contributed by atoms with Gasteiger partial charge in [-0.2, -0.15) is 0 Å². The van der Waals surface area contributed by atoms with Gasteiger partial charge in [0.25, 0.3) is 0 Å². The average molecular weight is 568 g/mol. The smallest absolute Gasteiger partial charge is 0.408 e. The number of hydrogen-bond donors (Lipinski definition) is 3. The molecule has 3 atom stereocenters. The zero-order valence-corrected chi connectivity index (χ0v) is 24.4. The first-order chi connectivity index (χ1) is 18.0. The molecule has 0 bridgehead atoms. The van der Waals surface area contributed by atoms with E-state index in [0.29, 0.717) is 19.4 Å². The second-order valence-electron chi connectivity index (χ2n) is 11.3. The van der Waals surface area contributed by atoms with Crippen LogP contribution in [0.1, 0.15) is 60.3 Å². The number of carbonyl (C=O) groups excluding carboxylic acids is 4. The maximum Gasteiger partial charge on any atom is 0.408 e. The number of alkyl carbamates (subject to hydrolysis) is 1. The molecule has 1 aliphatic rings. The van der Waals surface area contributed by atoms with E-state index in [4.69, 9.17) is 9.47 Å². The standard InChI is InChI=1S/C27H41N3O8S/c1-17(2)14-22(30-26(34)38-27(3,4)5)25(33)29-21(15-18-8-7-13-28-24(18)32)23(31)16-37-19-9-11-20(12-10-19)39(6,35)36/h9-12,17-18,21-22H,7-8,13-16H2,1-6H3,(H,28,32)(H,29,33)(H,30,34)/t18-,21-,22-/m0/s1. The van der Waals surface area contributed by atoms with Crippen LogP contribution in [0.15, 0.2) is 29.2 Å². The second-order valence-corrected chi connectivity index (χ2v) is 13.3. The third kappa shape index (κ3) is 11.2. The van der Waals surface area contributed by atoms with Crippen LogP contribution in [0.4, 0.5) is 4.79 Å². The van der Waals surface area contributed by atoms with Gasteiger partial charge in [0, 0.05) is 18.7 Å². The molecule has 0 saturated carbocycles. The number of sulfone groups is 1. The SMILES string of the molecule is CC(C)C[C@H](NC(=O)OC(C)(C)C)C(=O)N[C@@H](C[C@@H]1CCCNC1=O)C(=O)COc1ccc(S(C)(=O)=O)cc1. The van der Waals surface area contributed by atoms with Gasteiger partial charge in [0.15, 0.2) is 15.6 Å². The molecule has 3 N–H and O–H groups in total. The van der Waals surface area contributed by atoms with Crippen molar-refractivity contribution in [2.75, 3.05) is 19.4 Å². The van der Waals surface area contributed by atoms with Crippen LogP contribution >= 0.6 is 0 Å². The van der Waals surface area contributed by atoms with Crippen LogP contribution in [0.25, 0.3) is 0 Å². The topological polar surface area (TPSA) is 157 Å². The minimum Gasteiger partial charge on any atom is -0.486 e. The van der Waals surface area contributed by atoms with Crippen molar-refractivity contribution in [2.45, 2.75) is 82.9 Å². The zero-order chi connectivity index (χ0) is 29.4. The van der Waals surface area contributed by atoms with Crippen molar-refractivity contribution in [1.29, 1.82) is 0 Å². The molecular formula is C27H41N3O8S. The Hall–Kier alpha value is -3.15. The molecule has 11 nitrogen and oxygen atoms in total. The molecule has 1 heterocycles. The summed E-state index contributed by atoms with van der Waals surface area (Å²) in [7, 11) is -3.38. The highest BCUT2D eigenvalue weighted by atomic mass is 32.2. The van der Waals surface area contributed by atoms with E-state index in [2.05, 4.69) is 16.0 Å². The summed E-state index contributed by atoms with van der Waals surface area (Å²) in [5, 5.41) is 8.10. The fourth-order valence-electron chi connectivity index (χ4n) is 4.08. The highest BCUT2D eigenvalue weighted by molar-refractivity contribution is 7.90. The number of amides is 3. The Labute approximate surface area is 230 Å². The van der Waals surface area contributed by atoms with Crippen molar-refractivity contribution in [3.8, 4) is 5.75 Å². The second kappa shape index (κ2) is 13.8. The monoisotopic (exact) mass is 567 g/mol. The lowest BCUT2D eigenvalue weighted by Crippen LogP contribution is -2.54. The van der Waals surface area contributed by atoms with Gasteiger partial charge in [-0.1, -0.05) is 13.8 Å². The number of nitrogens with one attached hydrogen (secondary N) is 3. The zero-order valence-electron chi connectivity index (χ0n) is 23.5. The molecule has 0 aromatic heterocycles. The Bertz CT molecular complexity index is 1130. The van der Waals surface area contributed by atoms with Crippen molar-refractivity contribution in [2.24, 2.45) is 11.8 Å². The number of benzene rings is 1. The van der Waals surface area contributed by atoms with E-state index in [1.807, 2.05) is 13.8 Å². The van der Waals surface area contributed by atoms with Crippen molar-refractivity contribution in [3.05, 3.63) is 24.3 Å². The van der Waals surface area contributed by atoms with Gasteiger partial charge in [-0.05, 0) is 76.6 Å². The van der Waals surface area contributed by atoms with Gasteiger partial charge in [0.05, 0.1) is 10.9 Å². The number of rotatable bonds is 12. The molecule has 3 amide bonds. The van der Waals surface area contributed by atoms with E-state index < -0.39 is 57.8 Å². The summed E-state index contributed by atoms with van der Waals surface area (Å²) in [5.41, 5.74) is -0.757. The summed E-state index contributed by atoms with van der Waals surface area (Å²) in [4.78, 5) is 51.4. The largest absolute Gasteiger partial charge is 0.486 e. The van der Waals surface area contributed by atoms with E-state index >= 15 is 0 Å². The predicted octanol–water partition coefficient (Wildman–Crippen LogP) is 2.38. The van der Waals surface area contributed by atoms with Crippen LogP contribution in [0.2, 0.25) is 0 Å². The lowest BCUT2D eigenvalue weighted by Gasteiger charge is -2.28. The van der Waals surface area contributed by atoms with Crippen LogP contribution < -0.4 is 20.7 Å². The molecule has 0 spiro atoms. The van der Waals surface area contributed by atoms with Gasteiger partial charge in [-0.3, -0.25) is 14.4 Å². The quantitative estimate of drug-likeness (QED) is 0.347. The predicted molar refractivity (Wildman–Crippen MR) is 145 cm³/mol. The summed E-state index contributed by atoms with van der Waals surface area (Å²) < 4.78 is 34.2. The summed E-state index contributed by atoms with van der Waals surface area (Å²) >= 11 is 0. The molecule has 0 radical (unpaired) electrons. The summed E-state index contributed by atoms with van der Waals surface area (Å²) in [6, 6.07) is 3.63. The highest BCUT2D eigenvalue weighted by Crippen LogP contribution is 2.20. The number of carbonyl (C=O) groups is 4. The van der Waals surface area contributed by atoms with Crippen LogP contribution in [0.3, 0.4) is 0 Å². The molecular weight excluding hydrogens is 526 g/mol. The number of hydrogen-bond acceptors (Lipinski definition) is 8. The molecule has 1 aliphatic heterocycles. The van der Waals surface area contributed by atoms with E-state index in [0.717, 1.165) is 12.7 Å². The molecule has 1 fully saturated rings. The molecule has 39 heavy (non-hydrogen) atoms. The Morgan fingerprint density at radius 3 is 2.26 bits per heavy atom. The van der Waals surface area contributed by atoms with E-state index in [1.165, 1.54) is 24.3 Å². The Kier molecular flexibility index (Phi) is 11.3. The lowest BCUT2D eigenvalue weighted by atomic mass is 9.90. The van der Waals surface area contributed by atoms with E-state index in [-0.39, 0.29) is 28.9 Å². The summed E-state index contributed by atoms with van der Waals surface area (Å²) in [5.74, 6) is -1.36. The van der Waals surface area contributed by atoms with Crippen molar-refractivity contribution in [3.63, 3.8) is 0 Å². The number of ether oxygens (including phenoxy) is 2. The fraction of sp³-hybridized carbons (Fsp3) is 0.630. The van der Waals surface area contributed by atoms with Gasteiger partial charge in [-0.15, -0.1) is 0 Å². The Balaban J connectivity index is 2.17. The third-order valence-corrected chi connectivity index (χ3v) is 7.10. The molecule has 1 saturated heterocycles. The van der Waals surface area contributed by atoms with Crippen molar-refractivity contribution in [1.82, 2.24) is 16.0 Å². The van der Waals surface area contributed by atoms with Gasteiger partial charge < -0.3 is 25.4 Å². The van der Waals surface area contributed by atoms with Gasteiger partial charge in [0.1, 0.15) is 24.0 Å². The van der Waals surface area contributed by atoms with Crippen molar-refractivity contribution < 1.29 is 37.1 Å². The van der Waals surface area contributed by atoms with E-state index in [1.54, 1.807) is 20.8 Å². The first-order valence-electron chi connectivity index (χ1n) is 13.1. The minimum atomic E-state index is -3.38. The Morgan fingerprint density at radius 1 is 1.08 bits per heavy atom. The molecule has 0 unspecified atom stereocenters. The Morgan fingerprint density at radius 2 is 1.72 bits per heavy atom. The first kappa shape index (κ1) is 32.1. The highest BCUT2D eigenvalue weighted by Gasteiger charge is 2.33. The minimum absolute atomic E-state index is 0.0483. The maximum absolute atomic E-state index is 13.3. The molecule has 218 valence electrons. The lowest BCUT2D eigenvalue weighted by molar-refractivity contribution is -0.132. The van der Waals surface area contributed by atoms with E-state index in [9.17, 15) is 27.6 Å². The average Bonchev–Trinajstić information content (AvgIpc) is 2.81. The van der Waals surface area contributed by atoms with Crippen LogP contribution in [0, 0.1) is 11.8 Å². The number of ketones is 1. The molecule has 12 heteroatoms.